The number of nitrogens with zero attached hydrogens (tertiary/aromatic N) is 3. The average Bonchev–Trinajstić information content (AvgIpc) is 4.00. The van der Waals surface area contributed by atoms with Crippen LogP contribution in [0.4, 0.5) is 34.3 Å². The molecule has 6 heteroatoms. The fourth-order valence-corrected chi connectivity index (χ4v) is 11.2. The van der Waals surface area contributed by atoms with Gasteiger partial charge in [0.1, 0.15) is 5.82 Å². The van der Waals surface area contributed by atoms with Crippen LogP contribution in [-0.2, 0) is 37.3 Å². The molecule has 0 radical (unpaired) electrons. The Balaban J connectivity index is 0.00000705. The Labute approximate surface area is 486 Å². The van der Waals surface area contributed by atoms with Gasteiger partial charge in [0.25, 0.3) is 0 Å². The minimum absolute atomic E-state index is 0. The predicted octanol–water partition coefficient (Wildman–Crippen LogP) is 19.9. The van der Waals surface area contributed by atoms with Gasteiger partial charge in [-0.15, -0.1) is 48.3 Å². The molecule has 2 aliphatic rings. The normalized spacial score (nSPS) is 14.9. The molecular weight excluding hydrogens is 1140 g/mol. The third-order valence-electron chi connectivity index (χ3n) is 15.8. The van der Waals surface area contributed by atoms with Gasteiger partial charge in [-0.1, -0.05) is 200 Å². The maximum absolute atomic E-state index is 8.71. The molecule has 1 aliphatic heterocycles. The number of pyridine rings is 1. The summed E-state index contributed by atoms with van der Waals surface area (Å²) in [7, 11) is 0. The first-order chi connectivity index (χ1) is 38.9. The van der Waals surface area contributed by atoms with Gasteiger partial charge in [0.2, 0.25) is 0 Å². The Kier molecular flexibility index (Phi) is 13.3. The van der Waals surface area contributed by atoms with E-state index >= 15 is 0 Å². The molecule has 5 nitrogen and oxygen atoms in total. The summed E-state index contributed by atoms with van der Waals surface area (Å²) in [5, 5.41) is 3.53. The zero-order valence-corrected chi connectivity index (χ0v) is 48.0. The third kappa shape index (κ3) is 10.6. The molecule has 0 amide bonds. The number of anilines is 6. The van der Waals surface area contributed by atoms with Gasteiger partial charge in [0, 0.05) is 82.3 Å². The van der Waals surface area contributed by atoms with Crippen molar-refractivity contribution in [2.45, 2.75) is 84.4 Å². The Hall–Kier alpha value is -7.98. The van der Waals surface area contributed by atoms with Crippen LogP contribution in [0.15, 0.2) is 212 Å². The first kappa shape index (κ1) is 49.3. The number of nitrogens with one attached hydrogen (secondary N) is 1. The number of hydrogen-bond donors (Lipinski definition) is 1. The molecule has 0 unspecified atom stereocenters. The van der Waals surface area contributed by atoms with Crippen molar-refractivity contribution in [3.63, 3.8) is 0 Å². The van der Waals surface area contributed by atoms with Crippen LogP contribution in [0.5, 0.6) is 11.5 Å². The van der Waals surface area contributed by atoms with E-state index in [1.807, 2.05) is 36.4 Å². The van der Waals surface area contributed by atoms with E-state index in [-0.39, 0.29) is 42.9 Å². The summed E-state index contributed by atoms with van der Waals surface area (Å²) >= 11 is 0. The smallest absolute Gasteiger partial charge is 0.130 e. The molecule has 2 heterocycles. The van der Waals surface area contributed by atoms with Crippen LogP contribution >= 0.6 is 0 Å². The zero-order valence-electron chi connectivity index (χ0n) is 48.8. The number of hydrogen-bond acceptors (Lipinski definition) is 5. The van der Waals surface area contributed by atoms with Crippen LogP contribution in [-0.4, -0.2) is 4.98 Å². The molecule has 0 saturated heterocycles. The van der Waals surface area contributed by atoms with Crippen LogP contribution in [0.25, 0.3) is 55.6 Å². The summed E-state index contributed by atoms with van der Waals surface area (Å²) in [6.45, 7) is 15.5. The topological polar surface area (TPSA) is 40.6 Å². The molecule has 79 heavy (non-hydrogen) atoms. The second kappa shape index (κ2) is 21.3. The SMILES string of the molecule is [2H]C([2H])([2H])c1cc(Nc2ccc(C(C)(C)C)cc2-c2c[c-]c(Oc3[c-]c(N4[CH-]N(c5c(-c6ccccc6)cccc5-c5ccc(-c6ccccc6)cc5)c5ccccc54)ccc3)cc2)ncc1-c1ccc2c(c1)C(C)(C)CCC2(C)C.[Pt]. The van der Waals surface area contributed by atoms with E-state index in [4.69, 9.17) is 13.8 Å². The molecule has 12 rings (SSSR count). The number of aryl methyl sites for hydroxylation is 1. The van der Waals surface area contributed by atoms with Gasteiger partial charge in [-0.05, 0) is 110 Å². The Bertz CT molecular complexity index is 3950. The zero-order chi connectivity index (χ0) is 56.3. The minimum atomic E-state index is -2.38. The number of para-hydroxylation sites is 3. The Morgan fingerprint density at radius 1 is 0.557 bits per heavy atom. The van der Waals surface area contributed by atoms with Crippen LogP contribution < -0.4 is 19.9 Å². The van der Waals surface area contributed by atoms with Crippen molar-refractivity contribution in [2.75, 3.05) is 15.1 Å². The maximum atomic E-state index is 8.71. The largest absolute Gasteiger partial charge is 0.509 e. The first-order valence-electron chi connectivity index (χ1n) is 28.5. The van der Waals surface area contributed by atoms with Crippen molar-refractivity contribution >= 4 is 34.3 Å². The molecule has 0 fully saturated rings. The van der Waals surface area contributed by atoms with Crippen molar-refractivity contribution < 1.29 is 29.9 Å². The van der Waals surface area contributed by atoms with E-state index in [2.05, 4.69) is 246 Å². The van der Waals surface area contributed by atoms with Crippen molar-refractivity contribution in [3.05, 3.63) is 254 Å². The summed E-state index contributed by atoms with van der Waals surface area (Å²) < 4.78 is 32.7. The molecular formula is C73H65N4OPt-3. The Morgan fingerprint density at radius 2 is 1.16 bits per heavy atom. The molecule has 1 N–H and O–H groups in total. The van der Waals surface area contributed by atoms with Gasteiger partial charge >= 0.3 is 0 Å². The van der Waals surface area contributed by atoms with Crippen LogP contribution in [0.1, 0.15) is 87.7 Å². The third-order valence-corrected chi connectivity index (χ3v) is 15.8. The van der Waals surface area contributed by atoms with Gasteiger partial charge in [0.15, 0.2) is 0 Å². The van der Waals surface area contributed by atoms with Gasteiger partial charge in [0.05, 0.1) is 0 Å². The molecule has 10 aromatic rings. The standard InChI is InChI=1S/C73H65N4O.Pt/c1-49-43-69(74-47-63(49)55-35-39-64-65(44-55)73(7,8)42-41-72(64,5)6)75-66-40-36-56(71(2,3)4)45-62(66)54-33-37-58(38-34-54)78-59-24-17-23-57(46-59)76-48-77(68-28-16-15-27-67(68)76)70-60(52-21-13-10-14-22-52)25-18-26-61(70)53-31-29-51(30-32-53)50-19-11-9-12-20-50;/h9-37,39-40,43-45,47-48H,41-42H2,1-8H3,(H,74,75);/q-3;/i1D3;. The van der Waals surface area contributed by atoms with Crippen molar-refractivity contribution in [3.8, 4) is 67.1 Å². The molecule has 0 saturated carbocycles. The van der Waals surface area contributed by atoms with E-state index in [1.165, 1.54) is 22.3 Å². The number of fused-ring (bicyclic) bond motifs is 2. The van der Waals surface area contributed by atoms with Gasteiger partial charge in [-0.3, -0.25) is 0 Å². The fraction of sp³-hybridized carbons (Fsp3) is 0.178. The molecule has 0 spiro atoms. The fourth-order valence-electron chi connectivity index (χ4n) is 11.2. The van der Waals surface area contributed by atoms with E-state index in [0.717, 1.165) is 85.8 Å². The molecule has 9 aromatic carbocycles. The number of benzene rings is 9. The summed E-state index contributed by atoms with van der Waals surface area (Å²) in [5.74, 6) is 1.53. The van der Waals surface area contributed by atoms with Crippen LogP contribution in [0, 0.1) is 25.7 Å². The maximum Gasteiger partial charge on any atom is 0.130 e. The van der Waals surface area contributed by atoms with E-state index in [9.17, 15) is 0 Å². The quantitative estimate of drug-likeness (QED) is 0.131. The van der Waals surface area contributed by atoms with Crippen LogP contribution in [0.3, 0.4) is 0 Å². The molecule has 1 aromatic heterocycles. The Morgan fingerprint density at radius 3 is 1.85 bits per heavy atom. The first-order valence-corrected chi connectivity index (χ1v) is 27.0. The van der Waals surface area contributed by atoms with Gasteiger partial charge in [-0.25, -0.2) is 4.98 Å². The van der Waals surface area contributed by atoms with Crippen molar-refractivity contribution in [2.24, 2.45) is 0 Å². The molecule has 0 atom stereocenters. The second-order valence-corrected chi connectivity index (χ2v) is 23.1. The van der Waals surface area contributed by atoms with Crippen molar-refractivity contribution in [1.29, 1.82) is 0 Å². The number of rotatable bonds is 11. The van der Waals surface area contributed by atoms with Crippen LogP contribution in [0.2, 0.25) is 0 Å². The summed E-state index contributed by atoms with van der Waals surface area (Å²) in [6, 6.07) is 78.4. The molecule has 0 bridgehead atoms. The number of aromatic nitrogens is 1. The minimum Gasteiger partial charge on any atom is -0.509 e. The van der Waals surface area contributed by atoms with Crippen molar-refractivity contribution in [1.82, 2.24) is 4.98 Å². The summed E-state index contributed by atoms with van der Waals surface area (Å²) in [6.07, 6.45) is 3.88. The number of ether oxygens (including phenoxy) is 1. The summed E-state index contributed by atoms with van der Waals surface area (Å²) in [5.41, 5.74) is 18.8. The predicted molar refractivity (Wildman–Crippen MR) is 326 cm³/mol. The van der Waals surface area contributed by atoms with Gasteiger partial charge < -0.3 is 19.9 Å². The second-order valence-electron chi connectivity index (χ2n) is 23.1. The van der Waals surface area contributed by atoms with Gasteiger partial charge in [-0.2, -0.15) is 18.2 Å². The average molecular weight is 1210 g/mol. The summed E-state index contributed by atoms with van der Waals surface area (Å²) in [4.78, 5) is 9.36. The molecule has 1 aliphatic carbocycles. The monoisotopic (exact) mass is 1210 g/mol. The van der Waals surface area contributed by atoms with E-state index in [1.54, 1.807) is 12.3 Å². The van der Waals surface area contributed by atoms with E-state index < -0.39 is 6.85 Å². The molecule has 396 valence electrons. The van der Waals surface area contributed by atoms with E-state index in [0.29, 0.717) is 22.9 Å².